The number of aromatic nitrogens is 1. The van der Waals surface area contributed by atoms with Gasteiger partial charge in [-0.2, -0.15) is 0 Å². The summed E-state index contributed by atoms with van der Waals surface area (Å²) in [6.45, 7) is 5.85. The van der Waals surface area contributed by atoms with E-state index >= 15 is 0 Å². The average molecular weight is 257 g/mol. The van der Waals surface area contributed by atoms with Gasteiger partial charge in [-0.3, -0.25) is 0 Å². The van der Waals surface area contributed by atoms with Crippen molar-refractivity contribution in [3.05, 3.63) is 23.4 Å². The number of hydrogen-bond acceptors (Lipinski definition) is 3. The first-order chi connectivity index (χ1) is 9.10. The predicted molar refractivity (Wildman–Crippen MR) is 80.3 cm³/mol. The first kappa shape index (κ1) is 13.9. The molecule has 0 aromatic carbocycles. The van der Waals surface area contributed by atoms with Gasteiger partial charge in [0.1, 0.15) is 5.82 Å². The van der Waals surface area contributed by atoms with E-state index in [9.17, 15) is 0 Å². The summed E-state index contributed by atoms with van der Waals surface area (Å²) in [6.07, 6.45) is 8.00. The van der Waals surface area contributed by atoms with E-state index in [4.69, 9.17) is 11.4 Å². The Morgan fingerprint density at radius 2 is 2.21 bits per heavy atom. The van der Waals surface area contributed by atoms with Gasteiger partial charge in [0.05, 0.1) is 6.54 Å². The van der Waals surface area contributed by atoms with E-state index in [1.807, 2.05) is 11.9 Å². The van der Waals surface area contributed by atoms with Gasteiger partial charge in [0.15, 0.2) is 0 Å². The van der Waals surface area contributed by atoms with Crippen LogP contribution in [0.15, 0.2) is 12.1 Å². The van der Waals surface area contributed by atoms with E-state index in [1.165, 1.54) is 18.4 Å². The van der Waals surface area contributed by atoms with Crippen molar-refractivity contribution < 1.29 is 0 Å². The van der Waals surface area contributed by atoms with Crippen LogP contribution in [0.2, 0.25) is 0 Å². The van der Waals surface area contributed by atoms with Crippen molar-refractivity contribution in [3.63, 3.8) is 0 Å². The lowest BCUT2D eigenvalue weighted by Crippen LogP contribution is -2.21. The molecule has 2 rings (SSSR count). The third-order valence-electron chi connectivity index (χ3n) is 3.37. The summed E-state index contributed by atoms with van der Waals surface area (Å²) < 4.78 is 0. The molecule has 0 bridgehead atoms. The van der Waals surface area contributed by atoms with Crippen LogP contribution in [0.25, 0.3) is 0 Å². The molecule has 0 spiro atoms. The Balaban J connectivity index is 2.18. The van der Waals surface area contributed by atoms with E-state index < -0.39 is 0 Å². The number of pyridine rings is 1. The van der Waals surface area contributed by atoms with Gasteiger partial charge in [0, 0.05) is 25.3 Å². The molecule has 1 N–H and O–H groups in total. The van der Waals surface area contributed by atoms with Crippen LogP contribution < -0.4 is 10.2 Å². The second-order valence-corrected chi connectivity index (χ2v) is 5.63. The third kappa shape index (κ3) is 3.97. The Morgan fingerprint density at radius 3 is 2.79 bits per heavy atom. The zero-order valence-electron chi connectivity index (χ0n) is 12.1. The molecule has 102 valence electrons. The highest BCUT2D eigenvalue weighted by Crippen LogP contribution is 2.22. The van der Waals surface area contributed by atoms with Gasteiger partial charge in [0.25, 0.3) is 0 Å². The molecular formula is C16H23N3. The van der Waals surface area contributed by atoms with Gasteiger partial charge in [-0.15, -0.1) is 6.42 Å². The molecule has 0 amide bonds. The molecule has 1 aromatic heterocycles. The van der Waals surface area contributed by atoms with Crippen molar-refractivity contribution >= 4 is 5.82 Å². The fourth-order valence-electron chi connectivity index (χ4n) is 1.96. The molecule has 1 aliphatic rings. The molecule has 19 heavy (non-hydrogen) atoms. The topological polar surface area (TPSA) is 28.2 Å². The summed E-state index contributed by atoms with van der Waals surface area (Å²) in [5.41, 5.74) is 2.43. The fraction of sp³-hybridized carbons (Fsp3) is 0.562. The summed E-state index contributed by atoms with van der Waals surface area (Å²) >= 11 is 0. The van der Waals surface area contributed by atoms with E-state index in [0.717, 1.165) is 24.1 Å². The maximum absolute atomic E-state index is 5.38. The molecule has 3 heteroatoms. The molecule has 1 heterocycles. The van der Waals surface area contributed by atoms with Crippen LogP contribution in [-0.2, 0) is 6.54 Å². The van der Waals surface area contributed by atoms with Crippen molar-refractivity contribution in [2.75, 3.05) is 18.5 Å². The van der Waals surface area contributed by atoms with Gasteiger partial charge in [0.2, 0.25) is 0 Å². The maximum atomic E-state index is 5.38. The van der Waals surface area contributed by atoms with Crippen LogP contribution in [-0.4, -0.2) is 24.6 Å². The van der Waals surface area contributed by atoms with Crippen LogP contribution in [0, 0.1) is 12.3 Å². The first-order valence-corrected chi connectivity index (χ1v) is 6.99. The molecule has 1 fully saturated rings. The SMILES string of the molecule is C#CCN(C)c1cc(CNC2CC2)cc(C(C)C)n1. The van der Waals surface area contributed by atoms with Gasteiger partial charge in [-0.05, 0) is 36.5 Å². The van der Waals surface area contributed by atoms with Crippen molar-refractivity contribution in [2.45, 2.75) is 45.2 Å². The molecular weight excluding hydrogens is 234 g/mol. The molecule has 0 aliphatic heterocycles. The normalized spacial score (nSPS) is 14.5. The van der Waals surface area contributed by atoms with Gasteiger partial charge >= 0.3 is 0 Å². The summed E-state index contributed by atoms with van der Waals surface area (Å²) in [6, 6.07) is 5.06. The maximum Gasteiger partial charge on any atom is 0.129 e. The largest absolute Gasteiger partial charge is 0.349 e. The lowest BCUT2D eigenvalue weighted by atomic mass is 10.1. The summed E-state index contributed by atoms with van der Waals surface area (Å²) in [7, 11) is 1.99. The molecule has 1 aromatic rings. The molecule has 0 radical (unpaired) electrons. The van der Waals surface area contributed by atoms with Crippen molar-refractivity contribution in [2.24, 2.45) is 0 Å². The first-order valence-electron chi connectivity index (χ1n) is 6.99. The van der Waals surface area contributed by atoms with E-state index in [0.29, 0.717) is 12.5 Å². The number of terminal acetylenes is 1. The lowest BCUT2D eigenvalue weighted by molar-refractivity contribution is 0.683. The summed E-state index contributed by atoms with van der Waals surface area (Å²) in [5.74, 6) is 4.06. The Labute approximate surface area is 116 Å². The van der Waals surface area contributed by atoms with Crippen LogP contribution in [0.5, 0.6) is 0 Å². The van der Waals surface area contributed by atoms with Crippen LogP contribution in [0.4, 0.5) is 5.82 Å². The lowest BCUT2D eigenvalue weighted by Gasteiger charge is -2.18. The fourth-order valence-corrected chi connectivity index (χ4v) is 1.96. The predicted octanol–water partition coefficient (Wildman–Crippen LogP) is 2.53. The minimum absolute atomic E-state index is 0.430. The second kappa shape index (κ2) is 6.08. The standard InChI is InChI=1S/C16H23N3/c1-5-8-19(4)16-10-13(11-17-14-6-7-14)9-15(18-16)12(2)3/h1,9-10,12,14,17H,6-8,11H2,2-4H3. The van der Waals surface area contributed by atoms with Crippen molar-refractivity contribution in [3.8, 4) is 12.3 Å². The minimum Gasteiger partial charge on any atom is -0.349 e. The monoisotopic (exact) mass is 257 g/mol. The number of nitrogens with one attached hydrogen (secondary N) is 1. The third-order valence-corrected chi connectivity index (χ3v) is 3.37. The van der Waals surface area contributed by atoms with Crippen LogP contribution >= 0.6 is 0 Å². The molecule has 0 saturated heterocycles. The Morgan fingerprint density at radius 1 is 1.47 bits per heavy atom. The Bertz CT molecular complexity index is 469. The number of anilines is 1. The molecule has 0 atom stereocenters. The minimum atomic E-state index is 0.430. The zero-order chi connectivity index (χ0) is 13.8. The van der Waals surface area contributed by atoms with E-state index in [2.05, 4.69) is 37.2 Å². The average Bonchev–Trinajstić information content (AvgIpc) is 3.20. The summed E-state index contributed by atoms with van der Waals surface area (Å²) in [5, 5.41) is 3.55. The molecule has 0 unspecified atom stereocenters. The number of hydrogen-bond donors (Lipinski definition) is 1. The van der Waals surface area contributed by atoms with E-state index in [-0.39, 0.29) is 0 Å². The van der Waals surface area contributed by atoms with Gasteiger partial charge in [-0.25, -0.2) is 4.98 Å². The van der Waals surface area contributed by atoms with E-state index in [1.54, 1.807) is 0 Å². The molecule has 1 aliphatic carbocycles. The van der Waals surface area contributed by atoms with Crippen LogP contribution in [0.1, 0.15) is 43.9 Å². The number of rotatable bonds is 6. The highest BCUT2D eigenvalue weighted by molar-refractivity contribution is 5.43. The Hall–Kier alpha value is -1.53. The van der Waals surface area contributed by atoms with Crippen molar-refractivity contribution in [1.82, 2.24) is 10.3 Å². The summed E-state index contributed by atoms with van der Waals surface area (Å²) in [4.78, 5) is 6.72. The quantitative estimate of drug-likeness (QED) is 0.794. The van der Waals surface area contributed by atoms with Gasteiger partial charge in [-0.1, -0.05) is 19.8 Å². The van der Waals surface area contributed by atoms with Crippen LogP contribution in [0.3, 0.4) is 0 Å². The highest BCUT2D eigenvalue weighted by Gasteiger charge is 2.20. The number of nitrogens with zero attached hydrogens (tertiary/aromatic N) is 2. The molecule has 3 nitrogen and oxygen atoms in total. The highest BCUT2D eigenvalue weighted by atomic mass is 15.2. The zero-order valence-corrected chi connectivity index (χ0v) is 12.1. The smallest absolute Gasteiger partial charge is 0.129 e. The van der Waals surface area contributed by atoms with Gasteiger partial charge < -0.3 is 10.2 Å². The second-order valence-electron chi connectivity index (χ2n) is 5.63. The Kier molecular flexibility index (Phi) is 4.44. The van der Waals surface area contributed by atoms with Crippen molar-refractivity contribution in [1.29, 1.82) is 0 Å². The molecule has 1 saturated carbocycles.